The van der Waals surface area contributed by atoms with Crippen LogP contribution >= 0.6 is 12.4 Å². The van der Waals surface area contributed by atoms with Gasteiger partial charge in [-0.2, -0.15) is 5.10 Å². The van der Waals surface area contributed by atoms with Crippen LogP contribution in [0.15, 0.2) is 54.6 Å². The number of aryl methyl sites for hydroxylation is 2. The first-order valence-corrected chi connectivity index (χ1v) is 8.64. The second-order valence-corrected chi connectivity index (χ2v) is 6.25. The molecule has 26 heavy (non-hydrogen) atoms. The molecule has 0 atom stereocenters. The minimum absolute atomic E-state index is 0. The SMILES string of the molecule is CCCc1cc(OCc2ccccc2F)n(Cc2ccc(C)cc2)n1.Cl. The lowest BCUT2D eigenvalue weighted by Gasteiger charge is -2.10. The number of rotatable bonds is 7. The van der Waals surface area contributed by atoms with Gasteiger partial charge in [0.2, 0.25) is 5.88 Å². The summed E-state index contributed by atoms with van der Waals surface area (Å²) in [5.74, 6) is 0.424. The molecule has 3 nitrogen and oxygen atoms in total. The van der Waals surface area contributed by atoms with Gasteiger partial charge in [-0.15, -0.1) is 12.4 Å². The number of hydrogen-bond donors (Lipinski definition) is 0. The van der Waals surface area contributed by atoms with E-state index < -0.39 is 0 Å². The number of hydrogen-bond acceptors (Lipinski definition) is 2. The summed E-state index contributed by atoms with van der Waals surface area (Å²) in [6.45, 7) is 5.02. The van der Waals surface area contributed by atoms with Gasteiger partial charge in [0, 0.05) is 11.6 Å². The predicted molar refractivity (Wildman–Crippen MR) is 104 cm³/mol. The third-order valence-electron chi connectivity index (χ3n) is 4.09. The monoisotopic (exact) mass is 374 g/mol. The van der Waals surface area contributed by atoms with E-state index >= 15 is 0 Å². The second-order valence-electron chi connectivity index (χ2n) is 6.25. The largest absolute Gasteiger partial charge is 0.473 e. The molecule has 0 N–H and O–H groups in total. The van der Waals surface area contributed by atoms with Crippen LogP contribution in [0.3, 0.4) is 0 Å². The molecule has 2 aromatic carbocycles. The lowest BCUT2D eigenvalue weighted by molar-refractivity contribution is 0.270. The van der Waals surface area contributed by atoms with Crippen LogP contribution in [0.2, 0.25) is 0 Å². The van der Waals surface area contributed by atoms with Gasteiger partial charge >= 0.3 is 0 Å². The first-order valence-electron chi connectivity index (χ1n) is 8.64. The van der Waals surface area contributed by atoms with E-state index in [9.17, 15) is 4.39 Å². The smallest absolute Gasteiger partial charge is 0.212 e. The van der Waals surface area contributed by atoms with E-state index in [2.05, 4.69) is 43.2 Å². The lowest BCUT2D eigenvalue weighted by atomic mass is 10.1. The molecule has 0 aliphatic rings. The molecular weight excluding hydrogens is 351 g/mol. The molecule has 0 amide bonds. The molecule has 138 valence electrons. The Morgan fingerprint density at radius 3 is 2.50 bits per heavy atom. The first-order chi connectivity index (χ1) is 12.2. The maximum atomic E-state index is 13.8. The molecule has 0 aliphatic carbocycles. The normalized spacial score (nSPS) is 10.4. The molecule has 0 fully saturated rings. The molecule has 0 saturated heterocycles. The molecule has 0 unspecified atom stereocenters. The van der Waals surface area contributed by atoms with E-state index in [1.54, 1.807) is 12.1 Å². The van der Waals surface area contributed by atoms with Gasteiger partial charge in [-0.25, -0.2) is 9.07 Å². The number of benzene rings is 2. The average Bonchev–Trinajstić information content (AvgIpc) is 2.98. The minimum Gasteiger partial charge on any atom is -0.473 e. The Bertz CT molecular complexity index is 830. The zero-order valence-corrected chi connectivity index (χ0v) is 15.9. The zero-order valence-electron chi connectivity index (χ0n) is 15.1. The average molecular weight is 375 g/mol. The Morgan fingerprint density at radius 2 is 1.81 bits per heavy atom. The zero-order chi connectivity index (χ0) is 17.6. The standard InChI is InChI=1S/C21H23FN2O.ClH/c1-3-6-19-13-21(25-15-18-7-4-5-8-20(18)22)24(23-19)14-17-11-9-16(2)10-12-17;/h4-5,7-13H,3,6,14-15H2,1-2H3;1H. The highest BCUT2D eigenvalue weighted by Crippen LogP contribution is 2.19. The first kappa shape index (κ1) is 20.0. The van der Waals surface area contributed by atoms with Crippen molar-refractivity contribution in [3.63, 3.8) is 0 Å². The summed E-state index contributed by atoms with van der Waals surface area (Å²) in [4.78, 5) is 0. The molecule has 1 heterocycles. The summed E-state index contributed by atoms with van der Waals surface area (Å²) >= 11 is 0. The summed E-state index contributed by atoms with van der Waals surface area (Å²) < 4.78 is 21.5. The van der Waals surface area contributed by atoms with Gasteiger partial charge in [0.15, 0.2) is 0 Å². The fourth-order valence-corrected chi connectivity index (χ4v) is 2.69. The van der Waals surface area contributed by atoms with Gasteiger partial charge in [0.25, 0.3) is 0 Å². The minimum atomic E-state index is -0.249. The van der Waals surface area contributed by atoms with Crippen molar-refractivity contribution in [2.24, 2.45) is 0 Å². The van der Waals surface area contributed by atoms with Gasteiger partial charge in [-0.05, 0) is 25.0 Å². The Kier molecular flexibility index (Phi) is 7.22. The molecule has 0 radical (unpaired) electrons. The van der Waals surface area contributed by atoms with Crippen molar-refractivity contribution in [3.05, 3.63) is 82.8 Å². The van der Waals surface area contributed by atoms with Crippen LogP contribution in [0.1, 0.15) is 35.7 Å². The van der Waals surface area contributed by atoms with Crippen LogP contribution in [-0.2, 0) is 19.6 Å². The Balaban J connectivity index is 0.00000243. The molecule has 0 spiro atoms. The van der Waals surface area contributed by atoms with Crippen molar-refractivity contribution < 1.29 is 9.13 Å². The van der Waals surface area contributed by atoms with Crippen molar-refractivity contribution in [2.75, 3.05) is 0 Å². The van der Waals surface area contributed by atoms with Gasteiger partial charge in [0.05, 0.1) is 12.2 Å². The van der Waals surface area contributed by atoms with Crippen LogP contribution in [0.5, 0.6) is 5.88 Å². The van der Waals surface area contributed by atoms with Gasteiger partial charge < -0.3 is 4.74 Å². The van der Waals surface area contributed by atoms with Crippen LogP contribution in [0, 0.1) is 12.7 Å². The molecule has 1 aromatic heterocycles. The number of nitrogens with zero attached hydrogens (tertiary/aromatic N) is 2. The Hall–Kier alpha value is -2.33. The summed E-state index contributed by atoms with van der Waals surface area (Å²) in [7, 11) is 0. The van der Waals surface area contributed by atoms with E-state index in [1.807, 2.05) is 16.8 Å². The highest BCUT2D eigenvalue weighted by Gasteiger charge is 2.11. The van der Waals surface area contributed by atoms with E-state index in [1.165, 1.54) is 11.6 Å². The molecular formula is C21H24ClFN2O. The Labute approximate surface area is 160 Å². The van der Waals surface area contributed by atoms with Crippen LogP contribution in [-0.4, -0.2) is 9.78 Å². The van der Waals surface area contributed by atoms with Crippen molar-refractivity contribution in [2.45, 2.75) is 39.8 Å². The predicted octanol–water partition coefficient (Wildman–Crippen LogP) is 5.33. The molecule has 0 bridgehead atoms. The summed E-state index contributed by atoms with van der Waals surface area (Å²) in [5, 5.41) is 4.65. The maximum absolute atomic E-state index is 13.8. The highest BCUT2D eigenvalue weighted by molar-refractivity contribution is 5.85. The molecule has 0 aliphatic heterocycles. The van der Waals surface area contributed by atoms with Crippen LogP contribution in [0.4, 0.5) is 4.39 Å². The van der Waals surface area contributed by atoms with E-state index in [0.717, 1.165) is 24.1 Å². The van der Waals surface area contributed by atoms with Crippen molar-refractivity contribution >= 4 is 12.4 Å². The summed E-state index contributed by atoms with van der Waals surface area (Å²) in [6.07, 6.45) is 1.92. The molecule has 5 heteroatoms. The van der Waals surface area contributed by atoms with Crippen molar-refractivity contribution in [1.82, 2.24) is 9.78 Å². The summed E-state index contributed by atoms with van der Waals surface area (Å²) in [5.41, 5.74) is 3.93. The van der Waals surface area contributed by atoms with Crippen molar-refractivity contribution in [1.29, 1.82) is 0 Å². The third kappa shape index (κ3) is 5.09. The van der Waals surface area contributed by atoms with E-state index in [-0.39, 0.29) is 24.8 Å². The van der Waals surface area contributed by atoms with E-state index in [0.29, 0.717) is 18.0 Å². The van der Waals surface area contributed by atoms with Gasteiger partial charge in [-0.1, -0.05) is 61.4 Å². The van der Waals surface area contributed by atoms with Crippen LogP contribution in [0.25, 0.3) is 0 Å². The Morgan fingerprint density at radius 1 is 1.08 bits per heavy atom. The fourth-order valence-electron chi connectivity index (χ4n) is 2.69. The van der Waals surface area contributed by atoms with Crippen molar-refractivity contribution in [3.8, 4) is 5.88 Å². The molecule has 3 rings (SSSR count). The quantitative estimate of drug-likeness (QED) is 0.558. The molecule has 3 aromatic rings. The lowest BCUT2D eigenvalue weighted by Crippen LogP contribution is -2.07. The number of aromatic nitrogens is 2. The van der Waals surface area contributed by atoms with E-state index in [4.69, 9.17) is 4.74 Å². The second kappa shape index (κ2) is 9.39. The van der Waals surface area contributed by atoms with Crippen LogP contribution < -0.4 is 4.74 Å². The fraction of sp³-hybridized carbons (Fsp3) is 0.286. The number of halogens is 2. The third-order valence-corrected chi connectivity index (χ3v) is 4.09. The highest BCUT2D eigenvalue weighted by atomic mass is 35.5. The maximum Gasteiger partial charge on any atom is 0.212 e. The van der Waals surface area contributed by atoms with Gasteiger partial charge in [0.1, 0.15) is 12.4 Å². The molecule has 0 saturated carbocycles. The van der Waals surface area contributed by atoms with Gasteiger partial charge in [-0.3, -0.25) is 0 Å². The topological polar surface area (TPSA) is 27.1 Å². The summed E-state index contributed by atoms with van der Waals surface area (Å²) in [6, 6.07) is 17.0. The number of ether oxygens (including phenoxy) is 1.